The Labute approximate surface area is 158 Å². The van der Waals surface area contributed by atoms with Crippen molar-refractivity contribution in [3.05, 3.63) is 52.9 Å². The molecule has 1 aliphatic rings. The van der Waals surface area contributed by atoms with Crippen LogP contribution in [0, 0.1) is 6.92 Å². The number of aryl methyl sites for hydroxylation is 1. The zero-order valence-corrected chi connectivity index (χ0v) is 15.7. The number of fused-ring (bicyclic) bond motifs is 2. The van der Waals surface area contributed by atoms with Crippen LogP contribution in [0.25, 0.3) is 11.2 Å². The molecule has 0 saturated carbocycles. The molecule has 2 aromatic heterocycles. The molecular formula is C18H15ClN4O2S. The van der Waals surface area contributed by atoms with E-state index in [-0.39, 0.29) is 6.42 Å². The number of rotatable bonds is 2. The zero-order valence-electron chi connectivity index (χ0n) is 14.1. The first-order valence-electron chi connectivity index (χ1n) is 7.96. The first kappa shape index (κ1) is 17.1. The van der Waals surface area contributed by atoms with Gasteiger partial charge in [0.1, 0.15) is 22.6 Å². The van der Waals surface area contributed by atoms with Gasteiger partial charge in [0.15, 0.2) is 5.65 Å². The average molecular weight is 387 g/mol. The van der Waals surface area contributed by atoms with Gasteiger partial charge in [0.2, 0.25) is 0 Å². The highest BCUT2D eigenvalue weighted by Crippen LogP contribution is 2.43. The molecule has 0 amide bonds. The monoisotopic (exact) mass is 386 g/mol. The lowest BCUT2D eigenvalue weighted by molar-refractivity contribution is -0.137. The summed E-state index contributed by atoms with van der Waals surface area (Å²) in [6.07, 6.45) is 3.17. The van der Waals surface area contributed by atoms with E-state index in [1.807, 2.05) is 38.1 Å². The molecule has 0 bridgehead atoms. The molecule has 1 N–H and O–H groups in total. The zero-order chi connectivity index (χ0) is 18.5. The van der Waals surface area contributed by atoms with Gasteiger partial charge in [0.25, 0.3) is 0 Å². The van der Waals surface area contributed by atoms with Crippen LogP contribution in [-0.2, 0) is 4.79 Å². The number of aromatic nitrogens is 3. The molecule has 26 heavy (non-hydrogen) atoms. The lowest BCUT2D eigenvalue weighted by atomic mass is 10.1. The van der Waals surface area contributed by atoms with Gasteiger partial charge in [-0.3, -0.25) is 9.36 Å². The van der Waals surface area contributed by atoms with Gasteiger partial charge in [-0.05, 0) is 25.5 Å². The van der Waals surface area contributed by atoms with E-state index in [1.54, 1.807) is 17.1 Å². The van der Waals surface area contributed by atoms with Gasteiger partial charge in [-0.25, -0.2) is 15.0 Å². The molecule has 0 saturated heterocycles. The number of nitrogens with zero attached hydrogens (tertiary/aromatic N) is 4. The summed E-state index contributed by atoms with van der Waals surface area (Å²) in [6, 6.07) is 7.81. The van der Waals surface area contributed by atoms with Crippen LogP contribution < -0.4 is 0 Å². The Kier molecular flexibility index (Phi) is 4.00. The van der Waals surface area contributed by atoms with Crippen molar-refractivity contribution in [1.29, 1.82) is 0 Å². The molecule has 0 aliphatic carbocycles. The molecule has 0 spiro atoms. The molecule has 6 nitrogen and oxygen atoms in total. The van der Waals surface area contributed by atoms with Crippen LogP contribution in [0.3, 0.4) is 0 Å². The fourth-order valence-electron chi connectivity index (χ4n) is 3.04. The van der Waals surface area contributed by atoms with Gasteiger partial charge < -0.3 is 5.11 Å². The van der Waals surface area contributed by atoms with Crippen LogP contribution in [0.4, 0.5) is 0 Å². The summed E-state index contributed by atoms with van der Waals surface area (Å²) in [7, 11) is 0. The van der Waals surface area contributed by atoms with Crippen molar-refractivity contribution < 1.29 is 9.90 Å². The number of carboxylic acid groups (broad SMARTS) is 1. The Bertz CT molecular complexity index is 1080. The summed E-state index contributed by atoms with van der Waals surface area (Å²) in [5.41, 5.74) is 3.12. The smallest absolute Gasteiger partial charge is 0.306 e. The van der Waals surface area contributed by atoms with Gasteiger partial charge in [0, 0.05) is 16.7 Å². The summed E-state index contributed by atoms with van der Waals surface area (Å²) in [4.78, 5) is 25.2. The largest absolute Gasteiger partial charge is 0.481 e. The number of carboxylic acids is 1. The van der Waals surface area contributed by atoms with Crippen molar-refractivity contribution in [2.75, 3.05) is 0 Å². The van der Waals surface area contributed by atoms with Crippen molar-refractivity contribution in [1.82, 2.24) is 14.5 Å². The van der Waals surface area contributed by atoms with Crippen molar-refractivity contribution >= 4 is 46.3 Å². The quantitative estimate of drug-likeness (QED) is 0.720. The maximum atomic E-state index is 11.3. The molecule has 132 valence electrons. The number of benzene rings is 1. The second-order valence-electron chi connectivity index (χ2n) is 6.30. The third-order valence-electron chi connectivity index (χ3n) is 4.26. The second kappa shape index (κ2) is 6.10. The van der Waals surface area contributed by atoms with Crippen LogP contribution in [0.5, 0.6) is 0 Å². The Hall–Kier alpha value is -2.38. The number of imidazole rings is 1. The molecule has 1 aliphatic heterocycles. The van der Waals surface area contributed by atoms with Crippen LogP contribution in [0.1, 0.15) is 24.5 Å². The Morgan fingerprint density at radius 3 is 2.88 bits per heavy atom. The third kappa shape index (κ3) is 2.77. The number of halogens is 1. The molecule has 1 atom stereocenters. The maximum absolute atomic E-state index is 11.3. The molecule has 0 fully saturated rings. The summed E-state index contributed by atoms with van der Waals surface area (Å²) in [6.45, 7) is 3.72. The highest BCUT2D eigenvalue weighted by molar-refractivity contribution is 8.00. The normalized spacial score (nSPS) is 19.3. The van der Waals surface area contributed by atoms with Crippen molar-refractivity contribution in [3.63, 3.8) is 0 Å². The van der Waals surface area contributed by atoms with Crippen LogP contribution in [0.2, 0.25) is 5.02 Å². The standard InChI is InChI=1S/C18H15ClN4O2S/c1-10-12(19)8-20-17-15(10)21-9-23(17)16-11-5-3-4-6-13(11)26-18(2,22-16)7-14(24)25/h3-6,8-9H,7H2,1-2H3,(H,24,25). The van der Waals surface area contributed by atoms with E-state index >= 15 is 0 Å². The Morgan fingerprint density at radius 1 is 1.35 bits per heavy atom. The number of hydrogen-bond donors (Lipinski definition) is 1. The number of thioether (sulfide) groups is 1. The van der Waals surface area contributed by atoms with Gasteiger partial charge in [-0.1, -0.05) is 41.6 Å². The van der Waals surface area contributed by atoms with E-state index in [1.165, 1.54) is 11.8 Å². The SMILES string of the molecule is Cc1c(Cl)cnc2c1ncn2C1=NC(C)(CC(=O)O)Sc2ccccc21. The van der Waals surface area contributed by atoms with E-state index in [0.29, 0.717) is 22.0 Å². The summed E-state index contributed by atoms with van der Waals surface area (Å²) in [5.74, 6) is -0.251. The summed E-state index contributed by atoms with van der Waals surface area (Å²) < 4.78 is 1.80. The molecule has 3 aromatic rings. The molecule has 0 radical (unpaired) electrons. The molecule has 3 heterocycles. The fourth-order valence-corrected chi connectivity index (χ4v) is 4.39. The first-order valence-corrected chi connectivity index (χ1v) is 9.16. The molecule has 1 aromatic carbocycles. The number of aliphatic imine (C=N–C) groups is 1. The van der Waals surface area contributed by atoms with Crippen LogP contribution in [0.15, 0.2) is 46.7 Å². The Balaban J connectivity index is 1.96. The highest BCUT2D eigenvalue weighted by atomic mass is 35.5. The summed E-state index contributed by atoms with van der Waals surface area (Å²) >= 11 is 7.61. The van der Waals surface area contributed by atoms with E-state index in [2.05, 4.69) is 9.97 Å². The predicted molar refractivity (Wildman–Crippen MR) is 102 cm³/mol. The summed E-state index contributed by atoms with van der Waals surface area (Å²) in [5, 5.41) is 9.86. The van der Waals surface area contributed by atoms with E-state index in [4.69, 9.17) is 16.6 Å². The van der Waals surface area contributed by atoms with Crippen molar-refractivity contribution in [2.24, 2.45) is 4.99 Å². The average Bonchev–Trinajstić information content (AvgIpc) is 3.01. The topological polar surface area (TPSA) is 80.4 Å². The molecular weight excluding hydrogens is 372 g/mol. The van der Waals surface area contributed by atoms with Gasteiger partial charge >= 0.3 is 5.97 Å². The maximum Gasteiger partial charge on any atom is 0.306 e. The van der Waals surface area contributed by atoms with Gasteiger partial charge in [-0.2, -0.15) is 0 Å². The van der Waals surface area contributed by atoms with E-state index < -0.39 is 10.8 Å². The minimum atomic E-state index is -0.890. The third-order valence-corrected chi connectivity index (χ3v) is 5.90. The van der Waals surface area contributed by atoms with Gasteiger partial charge in [0.05, 0.1) is 11.4 Å². The second-order valence-corrected chi connectivity index (χ2v) is 8.23. The molecule has 1 unspecified atom stereocenters. The number of hydrogen-bond acceptors (Lipinski definition) is 5. The van der Waals surface area contributed by atoms with E-state index in [9.17, 15) is 9.90 Å². The first-order chi connectivity index (χ1) is 12.4. The minimum Gasteiger partial charge on any atom is -0.481 e. The lowest BCUT2D eigenvalue weighted by Gasteiger charge is -2.30. The molecule has 8 heteroatoms. The fraction of sp³-hybridized carbons (Fsp3) is 0.222. The number of carbonyl (C=O) groups is 1. The minimum absolute atomic E-state index is 0.0829. The highest BCUT2D eigenvalue weighted by Gasteiger charge is 2.35. The predicted octanol–water partition coefficient (Wildman–Crippen LogP) is 3.98. The lowest BCUT2D eigenvalue weighted by Crippen LogP contribution is -2.30. The Morgan fingerprint density at radius 2 is 2.12 bits per heavy atom. The van der Waals surface area contributed by atoms with Crippen molar-refractivity contribution in [2.45, 2.75) is 30.0 Å². The van der Waals surface area contributed by atoms with E-state index in [0.717, 1.165) is 16.0 Å². The molecule has 4 rings (SSSR count). The number of pyridine rings is 1. The number of aliphatic carboxylic acids is 1. The van der Waals surface area contributed by atoms with Crippen LogP contribution >= 0.6 is 23.4 Å². The van der Waals surface area contributed by atoms with Crippen LogP contribution in [-0.4, -0.2) is 36.3 Å². The van der Waals surface area contributed by atoms with Gasteiger partial charge in [-0.15, -0.1) is 0 Å². The van der Waals surface area contributed by atoms with Crippen molar-refractivity contribution in [3.8, 4) is 0 Å².